The number of carbonyl (C=O) groups is 1. The van der Waals surface area contributed by atoms with Crippen molar-refractivity contribution in [3.8, 4) is 5.69 Å². The summed E-state index contributed by atoms with van der Waals surface area (Å²) in [5.41, 5.74) is 0.0845. The van der Waals surface area contributed by atoms with Crippen molar-refractivity contribution in [3.63, 3.8) is 0 Å². The van der Waals surface area contributed by atoms with Crippen molar-refractivity contribution in [1.82, 2.24) is 20.2 Å². The summed E-state index contributed by atoms with van der Waals surface area (Å²) in [6.45, 7) is -0.347. The first-order chi connectivity index (χ1) is 12.4. The Morgan fingerprint density at radius 1 is 1.19 bits per heavy atom. The molecule has 11 heteroatoms. The smallest absolute Gasteiger partial charge is 0.341 e. The van der Waals surface area contributed by atoms with Gasteiger partial charge >= 0.3 is 5.97 Å². The fourth-order valence-electron chi connectivity index (χ4n) is 2.11. The van der Waals surface area contributed by atoms with E-state index in [9.17, 15) is 17.6 Å². The van der Waals surface area contributed by atoms with Crippen LogP contribution in [0.25, 0.3) is 5.69 Å². The Morgan fingerprint density at radius 2 is 1.92 bits per heavy atom. The second-order valence-corrected chi connectivity index (χ2v) is 6.67. The summed E-state index contributed by atoms with van der Waals surface area (Å²) in [6, 6.07) is 11.5. The molecule has 0 bridgehead atoms. The predicted molar refractivity (Wildman–Crippen MR) is 86.0 cm³/mol. The highest BCUT2D eigenvalue weighted by Gasteiger charge is 2.19. The molecule has 26 heavy (non-hydrogen) atoms. The van der Waals surface area contributed by atoms with Gasteiger partial charge in [-0.05, 0) is 40.8 Å². The maximum atomic E-state index is 13.8. The van der Waals surface area contributed by atoms with Gasteiger partial charge in [0.2, 0.25) is 10.0 Å². The molecule has 0 unspecified atom stereocenters. The summed E-state index contributed by atoms with van der Waals surface area (Å²) in [5, 5.41) is 16.0. The van der Waals surface area contributed by atoms with Crippen LogP contribution in [0.2, 0.25) is 0 Å². The van der Waals surface area contributed by atoms with E-state index >= 15 is 0 Å². The van der Waals surface area contributed by atoms with Gasteiger partial charge in [0.05, 0.1) is 16.1 Å². The minimum Gasteiger partial charge on any atom is -0.454 e. The molecule has 0 atom stereocenters. The Morgan fingerprint density at radius 3 is 2.62 bits per heavy atom. The summed E-state index contributed by atoms with van der Waals surface area (Å²) in [7, 11) is -4.09. The average molecular weight is 377 g/mol. The van der Waals surface area contributed by atoms with Gasteiger partial charge in [0.15, 0.2) is 12.4 Å². The summed E-state index contributed by atoms with van der Waals surface area (Å²) in [6.07, 6.45) is 0. The molecule has 1 heterocycles. The summed E-state index contributed by atoms with van der Waals surface area (Å²) < 4.78 is 42.9. The maximum Gasteiger partial charge on any atom is 0.341 e. The number of tetrazole rings is 1. The average Bonchev–Trinajstić information content (AvgIpc) is 3.08. The van der Waals surface area contributed by atoms with Crippen LogP contribution >= 0.6 is 0 Å². The molecule has 0 radical (unpaired) electrons. The Balaban J connectivity index is 1.80. The van der Waals surface area contributed by atoms with Crippen LogP contribution in [0.4, 0.5) is 4.39 Å². The second kappa shape index (κ2) is 6.98. The molecule has 0 aliphatic carbocycles. The molecule has 0 fully saturated rings. The van der Waals surface area contributed by atoms with Crippen molar-refractivity contribution in [2.45, 2.75) is 11.5 Å². The van der Waals surface area contributed by atoms with Crippen molar-refractivity contribution in [1.29, 1.82) is 0 Å². The van der Waals surface area contributed by atoms with E-state index in [1.54, 1.807) is 24.3 Å². The number of sulfonamides is 1. The van der Waals surface area contributed by atoms with E-state index in [0.717, 1.165) is 18.2 Å². The van der Waals surface area contributed by atoms with Crippen LogP contribution in [-0.4, -0.2) is 34.6 Å². The van der Waals surface area contributed by atoms with Crippen LogP contribution in [0.15, 0.2) is 53.4 Å². The van der Waals surface area contributed by atoms with Crippen LogP contribution in [0.5, 0.6) is 0 Å². The second-order valence-electron chi connectivity index (χ2n) is 5.11. The van der Waals surface area contributed by atoms with Crippen LogP contribution in [0, 0.1) is 5.82 Å². The lowest BCUT2D eigenvalue weighted by Crippen LogP contribution is -2.15. The van der Waals surface area contributed by atoms with Crippen LogP contribution in [0.1, 0.15) is 16.2 Å². The lowest BCUT2D eigenvalue weighted by Gasteiger charge is -2.07. The number of aromatic nitrogens is 4. The summed E-state index contributed by atoms with van der Waals surface area (Å²) >= 11 is 0. The van der Waals surface area contributed by atoms with E-state index in [0.29, 0.717) is 5.69 Å². The first-order valence-corrected chi connectivity index (χ1v) is 8.73. The van der Waals surface area contributed by atoms with Gasteiger partial charge in [-0.2, -0.15) is 4.68 Å². The molecule has 0 saturated carbocycles. The normalized spacial score (nSPS) is 11.3. The predicted octanol–water partition coefficient (Wildman–Crippen LogP) is 0.806. The number of nitrogens with zero attached hydrogens (tertiary/aromatic N) is 4. The largest absolute Gasteiger partial charge is 0.454 e. The van der Waals surface area contributed by atoms with Gasteiger partial charge in [0, 0.05) is 0 Å². The lowest BCUT2D eigenvalue weighted by molar-refractivity contribution is 0.0454. The summed E-state index contributed by atoms with van der Waals surface area (Å²) in [4.78, 5) is 11.7. The van der Waals surface area contributed by atoms with Gasteiger partial charge in [-0.3, -0.25) is 0 Å². The number of primary sulfonamides is 1. The minimum absolute atomic E-state index is 0.201. The van der Waals surface area contributed by atoms with E-state index in [2.05, 4.69) is 15.5 Å². The third kappa shape index (κ3) is 3.73. The molecule has 0 spiro atoms. The molecule has 9 nitrogen and oxygen atoms in total. The fourth-order valence-corrected chi connectivity index (χ4v) is 2.65. The number of para-hydroxylation sites is 1. The highest BCUT2D eigenvalue weighted by Crippen LogP contribution is 2.16. The number of hydrogen-bond acceptors (Lipinski definition) is 7. The number of ether oxygens (including phenoxy) is 1. The topological polar surface area (TPSA) is 130 Å². The number of benzene rings is 2. The molecular weight excluding hydrogens is 365 g/mol. The Kier molecular flexibility index (Phi) is 4.73. The molecule has 134 valence electrons. The van der Waals surface area contributed by atoms with E-state index in [1.165, 1.54) is 4.68 Å². The zero-order valence-electron chi connectivity index (χ0n) is 13.1. The van der Waals surface area contributed by atoms with Crippen molar-refractivity contribution in [2.75, 3.05) is 0 Å². The van der Waals surface area contributed by atoms with Crippen molar-refractivity contribution >= 4 is 16.0 Å². The molecular formula is C15H12FN5O4S. The number of nitrogens with two attached hydrogens (primary N) is 1. The highest BCUT2D eigenvalue weighted by molar-refractivity contribution is 7.89. The highest BCUT2D eigenvalue weighted by atomic mass is 32.2. The van der Waals surface area contributed by atoms with Crippen molar-refractivity contribution < 1.29 is 22.3 Å². The van der Waals surface area contributed by atoms with Crippen LogP contribution < -0.4 is 5.14 Å². The van der Waals surface area contributed by atoms with Gasteiger partial charge in [-0.1, -0.05) is 18.2 Å². The molecule has 0 aliphatic rings. The minimum atomic E-state index is -4.09. The summed E-state index contributed by atoms with van der Waals surface area (Å²) in [5.74, 6) is -1.81. The third-order valence-electron chi connectivity index (χ3n) is 3.35. The van der Waals surface area contributed by atoms with Crippen molar-refractivity contribution in [3.05, 3.63) is 65.7 Å². The van der Waals surface area contributed by atoms with E-state index in [4.69, 9.17) is 9.88 Å². The van der Waals surface area contributed by atoms with E-state index in [1.807, 2.05) is 6.07 Å². The molecule has 3 rings (SSSR count). The van der Waals surface area contributed by atoms with E-state index in [-0.39, 0.29) is 12.4 Å². The molecule has 2 aromatic carbocycles. The van der Waals surface area contributed by atoms with Gasteiger partial charge < -0.3 is 4.74 Å². The molecule has 0 amide bonds. The lowest BCUT2D eigenvalue weighted by atomic mass is 10.2. The maximum absolute atomic E-state index is 13.8. The zero-order chi connectivity index (χ0) is 18.7. The van der Waals surface area contributed by atoms with Gasteiger partial charge in [-0.15, -0.1) is 5.10 Å². The van der Waals surface area contributed by atoms with E-state index < -0.39 is 32.3 Å². The van der Waals surface area contributed by atoms with Gasteiger partial charge in [0.25, 0.3) is 0 Å². The molecule has 0 saturated heterocycles. The van der Waals surface area contributed by atoms with Crippen molar-refractivity contribution in [2.24, 2.45) is 5.14 Å². The molecule has 1 aromatic heterocycles. The quantitative estimate of drug-likeness (QED) is 0.651. The number of rotatable bonds is 5. The van der Waals surface area contributed by atoms with Crippen LogP contribution in [-0.2, 0) is 21.4 Å². The number of esters is 1. The Hall–Kier alpha value is -3.18. The third-order valence-corrected chi connectivity index (χ3v) is 4.26. The molecule has 2 N–H and O–H groups in total. The van der Waals surface area contributed by atoms with Gasteiger partial charge in [0.1, 0.15) is 5.82 Å². The SMILES string of the molecule is NS(=O)(=O)c1ccc(F)c(C(=O)OCc2nnnn2-c2ccccc2)c1. The van der Waals surface area contributed by atoms with Crippen LogP contribution in [0.3, 0.4) is 0 Å². The van der Waals surface area contributed by atoms with Gasteiger partial charge in [-0.25, -0.2) is 22.7 Å². The first kappa shape index (κ1) is 17.6. The molecule has 0 aliphatic heterocycles. The Bertz CT molecular complexity index is 1050. The number of halogens is 1. The monoisotopic (exact) mass is 377 g/mol. The zero-order valence-corrected chi connectivity index (χ0v) is 13.9. The molecule has 3 aromatic rings. The first-order valence-electron chi connectivity index (χ1n) is 7.18. The number of carbonyl (C=O) groups excluding carboxylic acids is 1. The number of hydrogen-bond donors (Lipinski definition) is 1. The fraction of sp³-hybridized carbons (Fsp3) is 0.0667. The standard InChI is InChI=1S/C15H12FN5O4S/c16-13-7-6-11(26(17,23)24)8-12(13)15(22)25-9-14-18-19-20-21(14)10-4-2-1-3-5-10/h1-8H,9H2,(H2,17,23,24). The Labute approximate surface area is 147 Å².